The topological polar surface area (TPSA) is 56.7 Å². The van der Waals surface area contributed by atoms with Crippen LogP contribution in [0, 0.1) is 13.8 Å². The number of aromatic nitrogens is 4. The minimum atomic E-state index is 0.568. The van der Waals surface area contributed by atoms with Crippen LogP contribution in [0.4, 0.5) is 0 Å². The van der Waals surface area contributed by atoms with Crippen LogP contribution in [0.15, 0.2) is 162 Å². The zero-order valence-corrected chi connectivity index (χ0v) is 28.7. The molecule has 0 amide bonds. The highest BCUT2D eigenvalue weighted by Gasteiger charge is 2.21. The van der Waals surface area contributed by atoms with Crippen LogP contribution in [0.25, 0.3) is 94.7 Å². The van der Waals surface area contributed by atoms with Crippen molar-refractivity contribution in [3.63, 3.8) is 0 Å². The minimum Gasteiger partial charge on any atom is -0.456 e. The molecule has 5 nitrogen and oxygen atoms in total. The molecule has 0 aliphatic carbocycles. The van der Waals surface area contributed by atoms with Gasteiger partial charge in [-0.25, -0.2) is 4.98 Å². The Kier molecular flexibility index (Phi) is 6.86. The molecule has 0 spiro atoms. The summed E-state index contributed by atoms with van der Waals surface area (Å²) in [7, 11) is 0. The second-order valence-electron chi connectivity index (χ2n) is 13.5. The summed E-state index contributed by atoms with van der Waals surface area (Å²) >= 11 is 0. The molecule has 7 aromatic carbocycles. The second kappa shape index (κ2) is 11.9. The van der Waals surface area contributed by atoms with Crippen LogP contribution < -0.4 is 0 Å². The Morgan fingerprint density at radius 3 is 1.65 bits per heavy atom. The first-order valence-corrected chi connectivity index (χ1v) is 17.5. The van der Waals surface area contributed by atoms with Gasteiger partial charge in [0.15, 0.2) is 11.6 Å². The largest absolute Gasteiger partial charge is 0.456 e. The molecule has 10 aromatic rings. The van der Waals surface area contributed by atoms with Crippen LogP contribution in [0.5, 0.6) is 0 Å². The van der Waals surface area contributed by atoms with E-state index < -0.39 is 0 Å². The summed E-state index contributed by atoms with van der Waals surface area (Å²) < 4.78 is 8.77. The van der Waals surface area contributed by atoms with Crippen molar-refractivity contribution in [2.24, 2.45) is 0 Å². The van der Waals surface area contributed by atoms with Crippen molar-refractivity contribution < 1.29 is 4.42 Å². The molecule has 0 radical (unpaired) electrons. The quantitative estimate of drug-likeness (QED) is 0.183. The molecule has 0 saturated carbocycles. The molecule has 0 unspecified atom stereocenters. The van der Waals surface area contributed by atoms with E-state index in [0.717, 1.165) is 71.6 Å². The molecule has 52 heavy (non-hydrogen) atoms. The maximum atomic E-state index is 6.57. The number of rotatable bonds is 5. The summed E-state index contributed by atoms with van der Waals surface area (Å²) in [6.45, 7) is 4.18. The first kappa shape index (κ1) is 30.0. The lowest BCUT2D eigenvalue weighted by Crippen LogP contribution is -2.07. The third-order valence-electron chi connectivity index (χ3n) is 10.0. The minimum absolute atomic E-state index is 0.568. The van der Waals surface area contributed by atoms with Crippen LogP contribution in [-0.2, 0) is 0 Å². The van der Waals surface area contributed by atoms with Crippen molar-refractivity contribution in [1.82, 2.24) is 19.5 Å². The Balaban J connectivity index is 1.20. The molecule has 0 aliphatic heterocycles. The van der Waals surface area contributed by atoms with Gasteiger partial charge in [0.25, 0.3) is 0 Å². The molecule has 0 saturated heterocycles. The van der Waals surface area contributed by atoms with E-state index in [9.17, 15) is 0 Å². The summed E-state index contributed by atoms with van der Waals surface area (Å²) in [6.07, 6.45) is 0. The number of aryl methyl sites for hydroxylation is 2. The summed E-state index contributed by atoms with van der Waals surface area (Å²) in [4.78, 5) is 15.4. The van der Waals surface area contributed by atoms with Gasteiger partial charge in [-0.3, -0.25) is 4.57 Å². The Morgan fingerprint density at radius 2 is 0.981 bits per heavy atom. The number of hydrogen-bond donors (Lipinski definition) is 0. The van der Waals surface area contributed by atoms with E-state index in [0.29, 0.717) is 17.6 Å². The molecular weight excluding hydrogens is 637 g/mol. The van der Waals surface area contributed by atoms with Gasteiger partial charge in [-0.15, -0.1) is 0 Å². The first-order chi connectivity index (χ1) is 25.6. The Morgan fingerprint density at radius 1 is 0.423 bits per heavy atom. The zero-order chi connectivity index (χ0) is 34.8. The molecule has 0 aliphatic rings. The van der Waals surface area contributed by atoms with Gasteiger partial charge in [-0.1, -0.05) is 139 Å². The molecule has 3 heterocycles. The van der Waals surface area contributed by atoms with E-state index in [-0.39, 0.29) is 0 Å². The summed E-state index contributed by atoms with van der Waals surface area (Å²) in [6, 6.07) is 55.1. The van der Waals surface area contributed by atoms with Crippen molar-refractivity contribution in [1.29, 1.82) is 0 Å². The van der Waals surface area contributed by atoms with E-state index in [4.69, 9.17) is 19.4 Å². The van der Waals surface area contributed by atoms with E-state index >= 15 is 0 Å². The lowest BCUT2D eigenvalue weighted by atomic mass is 10.00. The van der Waals surface area contributed by atoms with Crippen LogP contribution in [0.1, 0.15) is 11.1 Å². The average Bonchev–Trinajstić information content (AvgIpc) is 3.73. The smallest absolute Gasteiger partial charge is 0.238 e. The van der Waals surface area contributed by atoms with Crippen molar-refractivity contribution in [2.45, 2.75) is 13.8 Å². The third kappa shape index (κ3) is 4.97. The normalized spacial score (nSPS) is 11.7. The highest BCUT2D eigenvalue weighted by atomic mass is 16.3. The predicted molar refractivity (Wildman–Crippen MR) is 213 cm³/mol. The monoisotopic (exact) mass is 668 g/mol. The summed E-state index contributed by atoms with van der Waals surface area (Å²) in [5.41, 5.74) is 12.4. The molecule has 0 fully saturated rings. The first-order valence-electron chi connectivity index (χ1n) is 17.5. The third-order valence-corrected chi connectivity index (χ3v) is 10.0. The number of fused-ring (bicyclic) bond motifs is 6. The van der Waals surface area contributed by atoms with E-state index in [1.54, 1.807) is 0 Å². The van der Waals surface area contributed by atoms with Crippen molar-refractivity contribution in [3.8, 4) is 51.0 Å². The Labute approximate surface area is 300 Å². The molecule has 0 N–H and O–H groups in total. The standard InChI is InChI=1S/C47H32N4O/c1-29-15-19-32(20-16-29)45-48-46(33-21-17-30(2)18-22-33)50-47(49-45)51-41-14-7-6-11-37(41)40-13-8-12-36(44(40)51)35-24-26-39-38-25-23-34(31-9-4-3-5-10-31)27-42(38)52-43(39)28-35/h3-28H,1-2H3. The fourth-order valence-corrected chi connectivity index (χ4v) is 7.34. The SMILES string of the molecule is Cc1ccc(-c2nc(-c3ccc(C)cc3)nc(-n3c4ccccc4c4cccc(-c5ccc6c(c5)oc5cc(-c7ccccc7)ccc56)c43)n2)cc1. The van der Waals surface area contributed by atoms with Gasteiger partial charge in [-0.2, -0.15) is 9.97 Å². The van der Waals surface area contributed by atoms with Gasteiger partial charge in [0.2, 0.25) is 5.95 Å². The zero-order valence-electron chi connectivity index (χ0n) is 28.7. The average molecular weight is 669 g/mol. The number of nitrogens with zero attached hydrogens (tertiary/aromatic N) is 4. The fourth-order valence-electron chi connectivity index (χ4n) is 7.34. The second-order valence-corrected chi connectivity index (χ2v) is 13.5. The Bertz CT molecular complexity index is 2890. The van der Waals surface area contributed by atoms with Crippen molar-refractivity contribution >= 4 is 43.7 Å². The van der Waals surface area contributed by atoms with E-state index in [1.807, 2.05) is 6.07 Å². The maximum Gasteiger partial charge on any atom is 0.238 e. The Hall–Kier alpha value is -6.85. The molecule has 10 rings (SSSR count). The predicted octanol–water partition coefficient (Wildman–Crippen LogP) is 12.2. The van der Waals surface area contributed by atoms with Gasteiger partial charge in [0.05, 0.1) is 11.0 Å². The summed E-state index contributed by atoms with van der Waals surface area (Å²) in [5, 5.41) is 4.45. The number of hydrogen-bond acceptors (Lipinski definition) is 4. The lowest BCUT2D eigenvalue weighted by molar-refractivity contribution is 0.669. The molecule has 0 bridgehead atoms. The molecule has 3 aromatic heterocycles. The van der Waals surface area contributed by atoms with Gasteiger partial charge >= 0.3 is 0 Å². The van der Waals surface area contributed by atoms with Crippen LogP contribution in [0.2, 0.25) is 0 Å². The maximum absolute atomic E-state index is 6.57. The molecule has 246 valence electrons. The number of furan rings is 1. The van der Waals surface area contributed by atoms with Crippen LogP contribution in [0.3, 0.4) is 0 Å². The van der Waals surface area contributed by atoms with Gasteiger partial charge < -0.3 is 4.42 Å². The van der Waals surface area contributed by atoms with E-state index in [2.05, 4.69) is 170 Å². The van der Waals surface area contributed by atoms with Gasteiger partial charge in [0.1, 0.15) is 11.2 Å². The van der Waals surface area contributed by atoms with E-state index in [1.165, 1.54) is 16.7 Å². The fraction of sp³-hybridized carbons (Fsp3) is 0.0426. The van der Waals surface area contributed by atoms with Gasteiger partial charge in [-0.05, 0) is 60.9 Å². The van der Waals surface area contributed by atoms with Crippen LogP contribution in [-0.4, -0.2) is 19.5 Å². The van der Waals surface area contributed by atoms with Crippen molar-refractivity contribution in [2.75, 3.05) is 0 Å². The van der Waals surface area contributed by atoms with Crippen molar-refractivity contribution in [3.05, 3.63) is 169 Å². The highest BCUT2D eigenvalue weighted by Crippen LogP contribution is 2.40. The van der Waals surface area contributed by atoms with Gasteiger partial charge in [0, 0.05) is 38.2 Å². The summed E-state index contributed by atoms with van der Waals surface area (Å²) in [5.74, 6) is 1.82. The lowest BCUT2D eigenvalue weighted by Gasteiger charge is -2.13. The molecule has 5 heteroatoms. The van der Waals surface area contributed by atoms with Crippen LogP contribution >= 0.6 is 0 Å². The highest BCUT2D eigenvalue weighted by molar-refractivity contribution is 6.14. The molecule has 0 atom stereocenters. The molecular formula is C47H32N4O. The number of benzene rings is 7. The number of para-hydroxylation sites is 2.